The highest BCUT2D eigenvalue weighted by atomic mass is 16.1. The van der Waals surface area contributed by atoms with Crippen molar-refractivity contribution in [1.29, 1.82) is 0 Å². The minimum absolute atomic E-state index is 0.0239. The summed E-state index contributed by atoms with van der Waals surface area (Å²) in [6.45, 7) is 3.04. The standard InChI is InChI=1S/C21H25N5O/c1-25-15-19(14-23-25)16-5-6-17-13-22-20(12-18(17)11-16)24-21(27)7-10-26-8-3-2-4-9-26/h5-6,11-15H,2-4,7-10H2,1H3,(H,22,24,27). The molecule has 27 heavy (non-hydrogen) atoms. The monoisotopic (exact) mass is 363 g/mol. The molecule has 2 aromatic heterocycles. The third-order valence-electron chi connectivity index (χ3n) is 5.13. The van der Waals surface area contributed by atoms with E-state index in [4.69, 9.17) is 0 Å². The third kappa shape index (κ3) is 4.34. The van der Waals surface area contributed by atoms with Crippen molar-refractivity contribution in [3.05, 3.63) is 42.9 Å². The molecule has 1 aliphatic heterocycles. The van der Waals surface area contributed by atoms with E-state index in [0.29, 0.717) is 12.2 Å². The molecule has 1 fully saturated rings. The Labute approximate surface area is 159 Å². The van der Waals surface area contributed by atoms with Gasteiger partial charge < -0.3 is 10.2 Å². The van der Waals surface area contributed by atoms with Gasteiger partial charge in [0, 0.05) is 43.4 Å². The number of hydrogen-bond donors (Lipinski definition) is 1. The topological polar surface area (TPSA) is 63.1 Å². The van der Waals surface area contributed by atoms with E-state index < -0.39 is 0 Å². The minimum atomic E-state index is 0.0239. The van der Waals surface area contributed by atoms with Gasteiger partial charge in [0.05, 0.1) is 6.20 Å². The maximum atomic E-state index is 12.3. The molecular formula is C21H25N5O. The second-order valence-electron chi connectivity index (χ2n) is 7.23. The molecule has 6 heteroatoms. The highest BCUT2D eigenvalue weighted by Gasteiger charge is 2.12. The molecule has 0 saturated carbocycles. The molecule has 1 aromatic carbocycles. The first-order valence-electron chi connectivity index (χ1n) is 9.58. The fourth-order valence-electron chi connectivity index (χ4n) is 3.61. The van der Waals surface area contributed by atoms with Crippen LogP contribution in [0.2, 0.25) is 0 Å². The number of aryl methyl sites for hydroxylation is 1. The van der Waals surface area contributed by atoms with E-state index in [1.54, 1.807) is 4.68 Å². The maximum Gasteiger partial charge on any atom is 0.226 e. The van der Waals surface area contributed by atoms with Gasteiger partial charge in [-0.15, -0.1) is 0 Å². The van der Waals surface area contributed by atoms with Gasteiger partial charge in [0.25, 0.3) is 0 Å². The van der Waals surface area contributed by atoms with Crippen LogP contribution in [-0.2, 0) is 11.8 Å². The maximum absolute atomic E-state index is 12.3. The Kier molecular flexibility index (Phi) is 5.16. The molecule has 0 aliphatic carbocycles. The lowest BCUT2D eigenvalue weighted by Gasteiger charge is -2.25. The molecule has 4 rings (SSSR count). The van der Waals surface area contributed by atoms with Crippen LogP contribution in [-0.4, -0.2) is 45.2 Å². The third-order valence-corrected chi connectivity index (χ3v) is 5.13. The van der Waals surface area contributed by atoms with Gasteiger partial charge in [-0.3, -0.25) is 9.48 Å². The number of carbonyl (C=O) groups is 1. The average Bonchev–Trinajstić information content (AvgIpc) is 3.13. The molecule has 1 N–H and O–H groups in total. The molecule has 1 saturated heterocycles. The zero-order valence-corrected chi connectivity index (χ0v) is 15.7. The quantitative estimate of drug-likeness (QED) is 0.754. The van der Waals surface area contributed by atoms with Crippen molar-refractivity contribution >= 4 is 22.5 Å². The molecule has 0 unspecified atom stereocenters. The van der Waals surface area contributed by atoms with Gasteiger partial charge in [-0.05, 0) is 49.0 Å². The zero-order valence-electron chi connectivity index (χ0n) is 15.7. The normalized spacial score (nSPS) is 15.1. The van der Waals surface area contributed by atoms with Gasteiger partial charge in [-0.25, -0.2) is 4.98 Å². The fourth-order valence-corrected chi connectivity index (χ4v) is 3.61. The van der Waals surface area contributed by atoms with Crippen LogP contribution in [0.25, 0.3) is 21.9 Å². The summed E-state index contributed by atoms with van der Waals surface area (Å²) in [7, 11) is 1.91. The first-order valence-corrected chi connectivity index (χ1v) is 9.58. The smallest absolute Gasteiger partial charge is 0.226 e. The number of amides is 1. The van der Waals surface area contributed by atoms with Crippen molar-refractivity contribution in [2.24, 2.45) is 7.05 Å². The van der Waals surface area contributed by atoms with Gasteiger partial charge in [0.15, 0.2) is 0 Å². The number of rotatable bonds is 5. The van der Waals surface area contributed by atoms with Crippen LogP contribution >= 0.6 is 0 Å². The summed E-state index contributed by atoms with van der Waals surface area (Å²) in [5.74, 6) is 0.630. The van der Waals surface area contributed by atoms with E-state index >= 15 is 0 Å². The number of hydrogen-bond acceptors (Lipinski definition) is 4. The lowest BCUT2D eigenvalue weighted by molar-refractivity contribution is -0.116. The van der Waals surface area contributed by atoms with Crippen molar-refractivity contribution in [2.75, 3.05) is 25.0 Å². The Balaban J connectivity index is 1.44. The molecule has 1 aliphatic rings. The molecule has 0 radical (unpaired) electrons. The number of nitrogens with one attached hydrogen (secondary N) is 1. The first-order chi connectivity index (χ1) is 13.2. The lowest BCUT2D eigenvalue weighted by atomic mass is 10.1. The Morgan fingerprint density at radius 3 is 2.70 bits per heavy atom. The molecular weight excluding hydrogens is 338 g/mol. The second kappa shape index (κ2) is 7.88. The average molecular weight is 363 g/mol. The second-order valence-corrected chi connectivity index (χ2v) is 7.23. The summed E-state index contributed by atoms with van der Waals surface area (Å²) in [5, 5.41) is 9.28. The first kappa shape index (κ1) is 17.7. The predicted octanol–water partition coefficient (Wildman–Crippen LogP) is 3.45. The van der Waals surface area contributed by atoms with Crippen LogP contribution in [0.15, 0.2) is 42.9 Å². The van der Waals surface area contributed by atoms with Crippen molar-refractivity contribution in [3.63, 3.8) is 0 Å². The Morgan fingerprint density at radius 2 is 1.93 bits per heavy atom. The SMILES string of the molecule is Cn1cc(-c2ccc3cnc(NC(=O)CCN4CCCCC4)cc3c2)cn1. The summed E-state index contributed by atoms with van der Waals surface area (Å²) >= 11 is 0. The van der Waals surface area contributed by atoms with E-state index in [1.165, 1.54) is 19.3 Å². The van der Waals surface area contributed by atoms with Crippen LogP contribution in [0.3, 0.4) is 0 Å². The van der Waals surface area contributed by atoms with Gasteiger partial charge >= 0.3 is 0 Å². The lowest BCUT2D eigenvalue weighted by Crippen LogP contribution is -2.32. The summed E-state index contributed by atoms with van der Waals surface area (Å²) in [4.78, 5) is 19.1. The number of nitrogens with zero attached hydrogens (tertiary/aromatic N) is 4. The van der Waals surface area contributed by atoms with E-state index in [-0.39, 0.29) is 5.91 Å². The Morgan fingerprint density at radius 1 is 1.07 bits per heavy atom. The van der Waals surface area contributed by atoms with Crippen molar-refractivity contribution in [3.8, 4) is 11.1 Å². The fraction of sp³-hybridized carbons (Fsp3) is 0.381. The van der Waals surface area contributed by atoms with E-state index in [1.807, 2.05) is 37.8 Å². The van der Waals surface area contributed by atoms with Crippen molar-refractivity contribution < 1.29 is 4.79 Å². The van der Waals surface area contributed by atoms with Gasteiger partial charge in [0.2, 0.25) is 5.91 Å². The molecule has 3 aromatic rings. The number of pyridine rings is 1. The summed E-state index contributed by atoms with van der Waals surface area (Å²) < 4.78 is 1.79. The van der Waals surface area contributed by atoms with Crippen molar-refractivity contribution in [1.82, 2.24) is 19.7 Å². The summed E-state index contributed by atoms with van der Waals surface area (Å²) in [6, 6.07) is 8.16. The summed E-state index contributed by atoms with van der Waals surface area (Å²) in [5.41, 5.74) is 2.17. The number of likely N-dealkylation sites (tertiary alicyclic amines) is 1. The van der Waals surface area contributed by atoms with Crippen LogP contribution < -0.4 is 5.32 Å². The van der Waals surface area contributed by atoms with Gasteiger partial charge in [-0.2, -0.15) is 5.10 Å². The summed E-state index contributed by atoms with van der Waals surface area (Å²) in [6.07, 6.45) is 9.96. The number of benzene rings is 1. The molecule has 6 nitrogen and oxygen atoms in total. The van der Waals surface area contributed by atoms with Crippen molar-refractivity contribution in [2.45, 2.75) is 25.7 Å². The highest BCUT2D eigenvalue weighted by Crippen LogP contribution is 2.25. The number of carbonyl (C=O) groups excluding carboxylic acids is 1. The molecule has 3 heterocycles. The Hall–Kier alpha value is -2.73. The molecule has 0 spiro atoms. The van der Waals surface area contributed by atoms with Gasteiger partial charge in [-0.1, -0.05) is 18.6 Å². The number of aromatic nitrogens is 3. The predicted molar refractivity (Wildman–Crippen MR) is 107 cm³/mol. The van der Waals surface area contributed by atoms with Gasteiger partial charge in [0.1, 0.15) is 5.82 Å². The molecule has 1 amide bonds. The van der Waals surface area contributed by atoms with E-state index in [0.717, 1.165) is 41.5 Å². The molecule has 140 valence electrons. The highest BCUT2D eigenvalue weighted by molar-refractivity contribution is 5.94. The minimum Gasteiger partial charge on any atom is -0.311 e. The van der Waals surface area contributed by atoms with E-state index in [9.17, 15) is 4.79 Å². The van der Waals surface area contributed by atoms with Crippen LogP contribution in [0.1, 0.15) is 25.7 Å². The molecule has 0 bridgehead atoms. The van der Waals surface area contributed by atoms with Crippen LogP contribution in [0.5, 0.6) is 0 Å². The van der Waals surface area contributed by atoms with Crippen LogP contribution in [0.4, 0.5) is 5.82 Å². The van der Waals surface area contributed by atoms with Crippen LogP contribution in [0, 0.1) is 0 Å². The number of anilines is 1. The van der Waals surface area contributed by atoms with E-state index in [2.05, 4.69) is 32.4 Å². The Bertz CT molecular complexity index is 943. The molecule has 0 atom stereocenters. The number of piperidine rings is 1. The number of fused-ring (bicyclic) bond motifs is 1. The zero-order chi connectivity index (χ0) is 18.6. The largest absolute Gasteiger partial charge is 0.311 e.